The smallest absolute Gasteiger partial charge is 0.305 e. The molecule has 0 aromatic heterocycles. The van der Waals surface area contributed by atoms with Crippen LogP contribution < -0.4 is 0 Å². The largest absolute Gasteiger partial charge is 0.465 e. The van der Waals surface area contributed by atoms with E-state index in [1.54, 1.807) is 0 Å². The van der Waals surface area contributed by atoms with Gasteiger partial charge in [0.2, 0.25) is 0 Å². The molecule has 0 saturated heterocycles. The van der Waals surface area contributed by atoms with Gasteiger partial charge in [-0.1, -0.05) is 0 Å². The van der Waals surface area contributed by atoms with Gasteiger partial charge in [-0.25, -0.2) is 0 Å². The predicted molar refractivity (Wildman–Crippen MR) is 176 cm³/mol. The number of hydrogen-bond acceptors (Lipinski definition) is 14. The van der Waals surface area contributed by atoms with Gasteiger partial charge in [-0.05, 0) is 95.9 Å². The summed E-state index contributed by atoms with van der Waals surface area (Å²) in [5.74, 6) is 0.169. The second-order valence-corrected chi connectivity index (χ2v) is 17.1. The molecule has 0 fully saturated rings. The molecule has 248 valence electrons. The molecule has 0 rings (SSSR count). The Morgan fingerprint density at radius 3 is 1.16 bits per heavy atom. The van der Waals surface area contributed by atoms with E-state index in [0.29, 0.717) is 11.5 Å². The summed E-state index contributed by atoms with van der Waals surface area (Å²) in [6, 6.07) is 4.12. The molecule has 0 aromatic carbocycles. The van der Waals surface area contributed by atoms with Gasteiger partial charge in [-0.3, -0.25) is 9.59 Å². The topological polar surface area (TPSA) is 174 Å². The fourth-order valence-electron chi connectivity index (χ4n) is 2.80. The van der Waals surface area contributed by atoms with Gasteiger partial charge < -0.3 is 9.47 Å². The number of thioether (sulfide) groups is 2. The van der Waals surface area contributed by atoms with Crippen molar-refractivity contribution < 1.29 is 19.1 Å². The Hall–Kier alpha value is -2.58. The molecule has 0 spiro atoms. The monoisotopic (exact) mass is 652 g/mol. The van der Waals surface area contributed by atoms with Crippen molar-refractivity contribution in [2.45, 2.75) is 141 Å². The molecule has 0 radical (unpaired) electrons. The average molecular weight is 653 g/mol. The highest BCUT2D eigenvalue weighted by atomic mass is 32.2. The molecule has 2 unspecified atom stereocenters. The molecule has 2 atom stereocenters. The number of esters is 2. The summed E-state index contributed by atoms with van der Waals surface area (Å²) in [4.78, 5) is 23.7. The van der Waals surface area contributed by atoms with Gasteiger partial charge in [0, 0.05) is 24.3 Å². The maximum Gasteiger partial charge on any atom is 0.305 e. The summed E-state index contributed by atoms with van der Waals surface area (Å²) in [5, 5.41) is 44.9. The number of hydrogen-bond donors (Lipinski definition) is 0. The zero-order valence-electron chi connectivity index (χ0n) is 28.7. The first kappa shape index (κ1) is 41.4. The van der Waals surface area contributed by atoms with Crippen LogP contribution in [0.5, 0.6) is 0 Å². The van der Waals surface area contributed by atoms with E-state index in [2.05, 4.69) is 42.8 Å². The van der Waals surface area contributed by atoms with Crippen LogP contribution in [0.1, 0.15) is 109 Å². The quantitative estimate of drug-likeness (QED) is 0.0810. The summed E-state index contributed by atoms with van der Waals surface area (Å²) < 4.78 is 10.6. The minimum Gasteiger partial charge on any atom is -0.465 e. The average Bonchev–Trinajstić information content (AvgIpc) is 2.92. The molecule has 0 aliphatic rings. The van der Waals surface area contributed by atoms with Crippen LogP contribution in [0.4, 0.5) is 0 Å². The SMILES string of the molecule is CC(C)(C)N=NC(C)(C)SCCOC(=O)CCC(C)(C#N)N=NC(C)(C#N)CCC(=O)OCCSC(C)(C)N=NC(C)(C)C. The Kier molecular flexibility index (Phi) is 16.7. The number of rotatable bonds is 18. The van der Waals surface area contributed by atoms with Gasteiger partial charge in [0.15, 0.2) is 11.1 Å². The highest BCUT2D eigenvalue weighted by molar-refractivity contribution is 8.00. The molecule has 0 N–H and O–H groups in total. The van der Waals surface area contributed by atoms with Gasteiger partial charge in [0.1, 0.15) is 23.0 Å². The molecule has 0 aliphatic heterocycles. The minimum absolute atomic E-state index is 0.0388. The summed E-state index contributed by atoms with van der Waals surface area (Å²) >= 11 is 3.05. The lowest BCUT2D eigenvalue weighted by atomic mass is 9.97. The Morgan fingerprint density at radius 1 is 0.568 bits per heavy atom. The third kappa shape index (κ3) is 21.2. The zero-order valence-corrected chi connectivity index (χ0v) is 30.3. The lowest BCUT2D eigenvalue weighted by molar-refractivity contribution is -0.144. The highest BCUT2D eigenvalue weighted by Gasteiger charge is 2.30. The zero-order chi connectivity index (χ0) is 34.3. The van der Waals surface area contributed by atoms with Crippen LogP contribution in [0.25, 0.3) is 0 Å². The van der Waals surface area contributed by atoms with E-state index in [9.17, 15) is 20.1 Å². The van der Waals surface area contributed by atoms with Crippen LogP contribution in [0.3, 0.4) is 0 Å². The highest BCUT2D eigenvalue weighted by Crippen LogP contribution is 2.29. The standard InChI is InChI=1S/C30H52N8O4S2/c1-25(2,3)33-35-27(7,8)43-19-17-41-23(39)13-15-29(11,21-31)37-38-30(12,22-32)16-14-24(40)42-18-20-44-28(9,10)36-34-26(4,5)6/h13-20H2,1-12H3. The van der Waals surface area contributed by atoms with Crippen molar-refractivity contribution in [2.24, 2.45) is 30.7 Å². The molecule has 0 aliphatic carbocycles. The summed E-state index contributed by atoms with van der Waals surface area (Å²) in [6.07, 6.45) is 0.0556. The van der Waals surface area contributed by atoms with Crippen molar-refractivity contribution in [3.05, 3.63) is 0 Å². The first-order chi connectivity index (χ1) is 19.9. The van der Waals surface area contributed by atoms with E-state index >= 15 is 0 Å². The van der Waals surface area contributed by atoms with Crippen LogP contribution in [0, 0.1) is 22.7 Å². The van der Waals surface area contributed by atoms with Crippen molar-refractivity contribution >= 4 is 35.5 Å². The van der Waals surface area contributed by atoms with E-state index in [1.807, 2.05) is 69.2 Å². The molecular formula is C30H52N8O4S2. The van der Waals surface area contributed by atoms with Crippen LogP contribution in [-0.4, -0.2) is 68.6 Å². The van der Waals surface area contributed by atoms with Crippen molar-refractivity contribution in [1.29, 1.82) is 10.5 Å². The first-order valence-corrected chi connectivity index (χ1v) is 16.7. The number of azo groups is 3. The van der Waals surface area contributed by atoms with Crippen molar-refractivity contribution in [1.82, 2.24) is 0 Å². The van der Waals surface area contributed by atoms with Crippen LogP contribution >= 0.6 is 23.5 Å². The fourth-order valence-corrected chi connectivity index (χ4v) is 4.33. The number of carbonyl (C=O) groups is 2. The third-order valence-electron chi connectivity index (χ3n) is 5.39. The van der Waals surface area contributed by atoms with Crippen LogP contribution in [-0.2, 0) is 19.1 Å². The van der Waals surface area contributed by atoms with Crippen molar-refractivity contribution in [3.63, 3.8) is 0 Å². The lowest BCUT2D eigenvalue weighted by Crippen LogP contribution is -2.26. The normalized spacial score (nSPS) is 16.0. The van der Waals surface area contributed by atoms with E-state index in [-0.39, 0.29) is 50.0 Å². The van der Waals surface area contributed by atoms with Crippen molar-refractivity contribution in [2.75, 3.05) is 24.7 Å². The van der Waals surface area contributed by atoms with E-state index in [1.165, 1.54) is 37.4 Å². The molecule has 0 aromatic rings. The van der Waals surface area contributed by atoms with Gasteiger partial charge >= 0.3 is 11.9 Å². The number of carbonyl (C=O) groups excluding carboxylic acids is 2. The van der Waals surface area contributed by atoms with E-state index in [0.717, 1.165) is 0 Å². The Balaban J connectivity index is 4.72. The number of ether oxygens (including phenoxy) is 2. The summed E-state index contributed by atoms with van der Waals surface area (Å²) in [5.41, 5.74) is -3.20. The van der Waals surface area contributed by atoms with E-state index < -0.39 is 32.8 Å². The Morgan fingerprint density at radius 2 is 0.886 bits per heavy atom. The van der Waals surface area contributed by atoms with E-state index in [4.69, 9.17) is 9.47 Å². The van der Waals surface area contributed by atoms with Crippen molar-refractivity contribution in [3.8, 4) is 12.1 Å². The summed E-state index contributed by atoms with van der Waals surface area (Å²) in [7, 11) is 0. The number of nitrogens with zero attached hydrogens (tertiary/aromatic N) is 8. The molecule has 0 saturated carbocycles. The third-order valence-corrected chi connectivity index (χ3v) is 7.71. The van der Waals surface area contributed by atoms with Crippen LogP contribution in [0.15, 0.2) is 30.7 Å². The van der Waals surface area contributed by atoms with Gasteiger partial charge in [-0.15, -0.1) is 23.5 Å². The molecule has 0 bridgehead atoms. The Labute approximate surface area is 272 Å². The van der Waals surface area contributed by atoms with Gasteiger partial charge in [0.25, 0.3) is 0 Å². The first-order valence-electron chi connectivity index (χ1n) is 14.7. The summed E-state index contributed by atoms with van der Waals surface area (Å²) in [6.45, 7) is 23.1. The molecular weight excluding hydrogens is 601 g/mol. The molecule has 0 amide bonds. The lowest BCUT2D eigenvalue weighted by Gasteiger charge is -2.21. The second-order valence-electron chi connectivity index (χ2n) is 13.7. The molecule has 14 heteroatoms. The van der Waals surface area contributed by atoms with Gasteiger partial charge in [0.05, 0.1) is 23.2 Å². The number of nitriles is 2. The molecule has 44 heavy (non-hydrogen) atoms. The maximum atomic E-state index is 12.3. The maximum absolute atomic E-state index is 12.3. The Bertz CT molecular complexity index is 1030. The molecule has 12 nitrogen and oxygen atoms in total. The van der Waals surface area contributed by atoms with Crippen LogP contribution in [0.2, 0.25) is 0 Å². The predicted octanol–water partition coefficient (Wildman–Crippen LogP) is 8.09. The second kappa shape index (κ2) is 17.8. The molecule has 0 heterocycles. The fraction of sp³-hybridized carbons (Fsp3) is 0.867. The van der Waals surface area contributed by atoms with Gasteiger partial charge in [-0.2, -0.15) is 41.2 Å². The minimum atomic E-state index is -1.34.